The molecule has 0 fully saturated rings. The Morgan fingerprint density at radius 1 is 1.35 bits per heavy atom. The van der Waals surface area contributed by atoms with E-state index in [2.05, 4.69) is 26.1 Å². The first-order valence-electron chi connectivity index (χ1n) is 6.26. The van der Waals surface area contributed by atoms with E-state index in [1.54, 1.807) is 23.9 Å². The maximum Gasteiger partial charge on any atom is 0.137 e. The van der Waals surface area contributed by atoms with Crippen molar-refractivity contribution in [2.45, 2.75) is 38.6 Å². The van der Waals surface area contributed by atoms with Gasteiger partial charge in [-0.25, -0.2) is 4.39 Å². The zero-order valence-corrected chi connectivity index (χ0v) is 11.7. The highest BCUT2D eigenvalue weighted by molar-refractivity contribution is 7.99. The summed E-state index contributed by atoms with van der Waals surface area (Å²) in [7, 11) is 0. The van der Waals surface area contributed by atoms with Crippen molar-refractivity contribution in [2.75, 3.05) is 12.3 Å². The van der Waals surface area contributed by atoms with E-state index >= 15 is 0 Å². The first-order chi connectivity index (χ1) is 8.15. The van der Waals surface area contributed by atoms with Gasteiger partial charge in [0.05, 0.1) is 0 Å². The molecule has 0 radical (unpaired) electrons. The van der Waals surface area contributed by atoms with E-state index in [0.29, 0.717) is 5.92 Å². The van der Waals surface area contributed by atoms with Gasteiger partial charge in [-0.3, -0.25) is 0 Å². The Morgan fingerprint density at radius 3 is 2.76 bits per heavy atom. The first-order valence-corrected chi connectivity index (χ1v) is 7.24. The lowest BCUT2D eigenvalue weighted by atomic mass is 10.2. The summed E-state index contributed by atoms with van der Waals surface area (Å²) in [5.74, 6) is 1.50. The lowest BCUT2D eigenvalue weighted by Gasteiger charge is -2.12. The summed E-state index contributed by atoms with van der Waals surface area (Å²) in [6.07, 6.45) is 1.07. The normalized spacial score (nSPS) is 11.1. The van der Waals surface area contributed by atoms with Crippen LogP contribution in [0.25, 0.3) is 0 Å². The van der Waals surface area contributed by atoms with Crippen molar-refractivity contribution >= 4 is 11.8 Å². The first kappa shape index (κ1) is 14.5. The van der Waals surface area contributed by atoms with E-state index < -0.39 is 0 Å². The summed E-state index contributed by atoms with van der Waals surface area (Å²) in [6.45, 7) is 8.18. The standard InChI is InChI=1S/C14H22FNS/c1-4-8-17-14-12(6-5-7-13(14)15)10-16-9-11(2)3/h5-7,11,16H,4,8-10H2,1-3H3. The predicted molar refractivity (Wildman–Crippen MR) is 74.0 cm³/mol. The zero-order chi connectivity index (χ0) is 12.7. The molecule has 0 bridgehead atoms. The van der Waals surface area contributed by atoms with Gasteiger partial charge >= 0.3 is 0 Å². The van der Waals surface area contributed by atoms with E-state index in [-0.39, 0.29) is 5.82 Å². The predicted octanol–water partition coefficient (Wildman–Crippen LogP) is 4.07. The monoisotopic (exact) mass is 255 g/mol. The second kappa shape index (κ2) is 7.72. The average molecular weight is 255 g/mol. The van der Waals surface area contributed by atoms with Crippen LogP contribution in [0.4, 0.5) is 4.39 Å². The third kappa shape index (κ3) is 5.09. The van der Waals surface area contributed by atoms with Crippen LogP contribution in [0.1, 0.15) is 32.8 Å². The summed E-state index contributed by atoms with van der Waals surface area (Å²) in [6, 6.07) is 5.34. The van der Waals surface area contributed by atoms with Crippen LogP contribution in [0.5, 0.6) is 0 Å². The van der Waals surface area contributed by atoms with E-state index in [1.165, 1.54) is 0 Å². The third-order valence-electron chi connectivity index (χ3n) is 2.37. The number of halogens is 1. The number of hydrogen-bond donors (Lipinski definition) is 1. The van der Waals surface area contributed by atoms with Crippen molar-refractivity contribution < 1.29 is 4.39 Å². The minimum Gasteiger partial charge on any atom is -0.312 e. The molecule has 0 aliphatic rings. The Hall–Kier alpha value is -0.540. The fraction of sp³-hybridized carbons (Fsp3) is 0.571. The van der Waals surface area contributed by atoms with E-state index in [0.717, 1.165) is 35.7 Å². The summed E-state index contributed by atoms with van der Waals surface area (Å²) in [5, 5.41) is 3.37. The topological polar surface area (TPSA) is 12.0 Å². The number of hydrogen-bond acceptors (Lipinski definition) is 2. The second-order valence-corrected chi connectivity index (χ2v) is 5.71. The molecule has 0 aliphatic heterocycles. The van der Waals surface area contributed by atoms with Crippen molar-refractivity contribution in [3.8, 4) is 0 Å². The Labute approximate surface area is 108 Å². The fourth-order valence-electron chi connectivity index (χ4n) is 1.55. The second-order valence-electron chi connectivity index (χ2n) is 4.60. The van der Waals surface area contributed by atoms with Gasteiger partial charge in [-0.15, -0.1) is 11.8 Å². The molecule has 0 atom stereocenters. The minimum atomic E-state index is -0.0905. The molecule has 96 valence electrons. The maximum atomic E-state index is 13.7. The minimum absolute atomic E-state index is 0.0905. The Kier molecular flexibility index (Phi) is 6.60. The quantitative estimate of drug-likeness (QED) is 0.737. The Balaban J connectivity index is 2.65. The number of nitrogens with one attached hydrogen (secondary N) is 1. The van der Waals surface area contributed by atoms with Gasteiger partial charge in [0.15, 0.2) is 0 Å². The van der Waals surface area contributed by atoms with Gasteiger partial charge in [-0.1, -0.05) is 32.9 Å². The zero-order valence-electron chi connectivity index (χ0n) is 10.9. The fourth-order valence-corrected chi connectivity index (χ4v) is 2.49. The molecule has 0 aromatic heterocycles. The number of thioether (sulfide) groups is 1. The molecule has 0 unspecified atom stereocenters. The molecule has 1 nitrogen and oxygen atoms in total. The van der Waals surface area contributed by atoms with Gasteiger partial charge in [-0.2, -0.15) is 0 Å². The molecule has 3 heteroatoms. The molecule has 1 aromatic rings. The third-order valence-corrected chi connectivity index (χ3v) is 3.73. The molecule has 1 N–H and O–H groups in total. The molecule has 17 heavy (non-hydrogen) atoms. The molecule has 0 spiro atoms. The lowest BCUT2D eigenvalue weighted by molar-refractivity contribution is 0.543. The molecule has 0 saturated carbocycles. The number of rotatable bonds is 7. The molecular weight excluding hydrogens is 233 g/mol. The molecule has 0 heterocycles. The van der Waals surface area contributed by atoms with Crippen molar-refractivity contribution in [1.29, 1.82) is 0 Å². The van der Waals surface area contributed by atoms with Crippen molar-refractivity contribution in [3.05, 3.63) is 29.6 Å². The van der Waals surface area contributed by atoms with E-state index in [4.69, 9.17) is 0 Å². The molecule has 0 aliphatic carbocycles. The summed E-state index contributed by atoms with van der Waals surface area (Å²) in [5.41, 5.74) is 1.07. The summed E-state index contributed by atoms with van der Waals surface area (Å²) in [4.78, 5) is 0.811. The summed E-state index contributed by atoms with van der Waals surface area (Å²) < 4.78 is 13.7. The number of benzene rings is 1. The van der Waals surface area contributed by atoms with Crippen LogP contribution in [-0.2, 0) is 6.54 Å². The van der Waals surface area contributed by atoms with Gasteiger partial charge in [0.25, 0.3) is 0 Å². The van der Waals surface area contributed by atoms with Gasteiger partial charge < -0.3 is 5.32 Å². The van der Waals surface area contributed by atoms with Crippen LogP contribution >= 0.6 is 11.8 Å². The Bertz CT molecular complexity index is 339. The Morgan fingerprint density at radius 2 is 2.12 bits per heavy atom. The van der Waals surface area contributed by atoms with Crippen molar-refractivity contribution in [2.24, 2.45) is 5.92 Å². The highest BCUT2D eigenvalue weighted by Gasteiger charge is 2.08. The maximum absolute atomic E-state index is 13.7. The van der Waals surface area contributed by atoms with Crippen LogP contribution in [0.15, 0.2) is 23.1 Å². The van der Waals surface area contributed by atoms with Crippen LogP contribution in [0.2, 0.25) is 0 Å². The highest BCUT2D eigenvalue weighted by Crippen LogP contribution is 2.26. The van der Waals surface area contributed by atoms with E-state index in [1.807, 2.05) is 6.07 Å². The molecule has 1 aromatic carbocycles. The molecule has 1 rings (SSSR count). The van der Waals surface area contributed by atoms with Gasteiger partial charge in [0, 0.05) is 11.4 Å². The van der Waals surface area contributed by atoms with E-state index in [9.17, 15) is 4.39 Å². The molecular formula is C14H22FNS. The van der Waals surface area contributed by atoms with Crippen LogP contribution < -0.4 is 5.32 Å². The molecule has 0 amide bonds. The van der Waals surface area contributed by atoms with Crippen molar-refractivity contribution in [1.82, 2.24) is 5.32 Å². The average Bonchev–Trinajstić information content (AvgIpc) is 2.28. The smallest absolute Gasteiger partial charge is 0.137 e. The van der Waals surface area contributed by atoms with Gasteiger partial charge in [-0.05, 0) is 36.3 Å². The molecule has 0 saturated heterocycles. The summed E-state index contributed by atoms with van der Waals surface area (Å²) >= 11 is 1.62. The van der Waals surface area contributed by atoms with Gasteiger partial charge in [0.1, 0.15) is 5.82 Å². The van der Waals surface area contributed by atoms with Crippen LogP contribution in [0.3, 0.4) is 0 Å². The highest BCUT2D eigenvalue weighted by atomic mass is 32.2. The van der Waals surface area contributed by atoms with Crippen LogP contribution in [0, 0.1) is 11.7 Å². The lowest BCUT2D eigenvalue weighted by Crippen LogP contribution is -2.19. The SMILES string of the molecule is CCCSc1c(F)cccc1CNCC(C)C. The van der Waals surface area contributed by atoms with Crippen molar-refractivity contribution in [3.63, 3.8) is 0 Å². The van der Waals surface area contributed by atoms with Crippen LogP contribution in [-0.4, -0.2) is 12.3 Å². The largest absolute Gasteiger partial charge is 0.312 e. The van der Waals surface area contributed by atoms with Gasteiger partial charge in [0.2, 0.25) is 0 Å².